The quantitative estimate of drug-likeness (QED) is 0.512. The van der Waals surface area contributed by atoms with Crippen molar-refractivity contribution in [2.24, 2.45) is 0 Å². The third kappa shape index (κ3) is 2.13. The van der Waals surface area contributed by atoms with Gasteiger partial charge in [-0.25, -0.2) is 0 Å². The van der Waals surface area contributed by atoms with Gasteiger partial charge < -0.3 is 9.69 Å². The van der Waals surface area contributed by atoms with Crippen LogP contribution in [0.4, 0.5) is 4.39 Å². The average molecular weight is 352 g/mol. The summed E-state index contributed by atoms with van der Waals surface area (Å²) < 4.78 is 12.8. The molecule has 0 unspecified atom stereocenters. The van der Waals surface area contributed by atoms with Crippen molar-refractivity contribution in [3.8, 4) is 0 Å². The predicted molar refractivity (Wildman–Crippen MR) is 39.4 cm³/mol. The van der Waals surface area contributed by atoms with Crippen LogP contribution in [0.25, 0.3) is 0 Å². The van der Waals surface area contributed by atoms with Gasteiger partial charge in [0.1, 0.15) is 5.91 Å². The molecule has 1 heterocycles. The zero-order valence-corrected chi connectivity index (χ0v) is 10.1. The summed E-state index contributed by atoms with van der Waals surface area (Å²) in [5, 5.41) is 0. The van der Waals surface area contributed by atoms with Crippen LogP contribution in [0.1, 0.15) is 6.92 Å². The van der Waals surface area contributed by atoms with Gasteiger partial charge in [-0.2, -0.15) is 0 Å². The molecule has 13 heavy (non-hydrogen) atoms. The Kier molecular flexibility index (Phi) is 4.21. The fourth-order valence-electron chi connectivity index (χ4n) is 0.810. The van der Waals surface area contributed by atoms with Crippen LogP contribution in [0, 0.1) is 6.08 Å². The smallest absolute Gasteiger partial charge is 0.183 e. The Bertz CT molecular complexity index is 309. The van der Waals surface area contributed by atoms with Crippen molar-refractivity contribution in [1.29, 1.82) is 0 Å². The van der Waals surface area contributed by atoms with Gasteiger partial charge in [0.05, 0.1) is 0 Å². The first-order valence-electron chi connectivity index (χ1n) is 3.36. The van der Waals surface area contributed by atoms with Gasteiger partial charge in [-0.15, -0.1) is 6.08 Å². The van der Waals surface area contributed by atoms with E-state index in [9.17, 15) is 14.0 Å². The number of amides is 2. The SMILES string of the molecule is C/C=C(\F)C1=[C-]C(=O)N(C)C1=O.[W]. The second-order valence-corrected chi connectivity index (χ2v) is 2.31. The molecular weight excluding hydrogens is 345 g/mol. The first kappa shape index (κ1) is 12.2. The number of imide groups is 1. The molecule has 2 amide bonds. The number of hydrogen-bond donors (Lipinski definition) is 0. The monoisotopic (exact) mass is 352 g/mol. The predicted octanol–water partition coefficient (Wildman–Crippen LogP) is 0.585. The Morgan fingerprint density at radius 2 is 2.08 bits per heavy atom. The van der Waals surface area contributed by atoms with E-state index in [1.54, 1.807) is 0 Å². The summed E-state index contributed by atoms with van der Waals surface area (Å²) in [7, 11) is 1.29. The topological polar surface area (TPSA) is 37.4 Å². The Morgan fingerprint density at radius 3 is 2.38 bits per heavy atom. The van der Waals surface area contributed by atoms with Crippen molar-refractivity contribution >= 4 is 11.8 Å². The second-order valence-electron chi connectivity index (χ2n) is 2.31. The molecule has 70 valence electrons. The Labute approximate surface area is 89.5 Å². The summed E-state index contributed by atoms with van der Waals surface area (Å²) in [5.74, 6) is -1.96. The van der Waals surface area contributed by atoms with Gasteiger partial charge in [0, 0.05) is 33.9 Å². The van der Waals surface area contributed by atoms with Crippen LogP contribution in [-0.2, 0) is 30.7 Å². The summed E-state index contributed by atoms with van der Waals surface area (Å²) in [6.45, 7) is 1.44. The largest absolute Gasteiger partial charge is 0.346 e. The zero-order chi connectivity index (χ0) is 9.30. The molecule has 1 aliphatic heterocycles. The molecule has 0 spiro atoms. The molecule has 0 N–H and O–H groups in total. The van der Waals surface area contributed by atoms with E-state index in [-0.39, 0.29) is 26.6 Å². The van der Waals surface area contributed by atoms with Gasteiger partial charge in [-0.05, 0) is 0 Å². The first-order chi connectivity index (χ1) is 5.57. The van der Waals surface area contributed by atoms with Crippen molar-refractivity contribution in [2.45, 2.75) is 6.92 Å². The molecule has 0 aliphatic carbocycles. The number of hydrogen-bond acceptors (Lipinski definition) is 2. The maximum absolute atomic E-state index is 12.8. The van der Waals surface area contributed by atoms with Crippen molar-refractivity contribution in [2.75, 3.05) is 7.05 Å². The molecule has 0 atom stereocenters. The molecule has 1 rings (SSSR count). The van der Waals surface area contributed by atoms with Crippen LogP contribution in [0.15, 0.2) is 17.5 Å². The van der Waals surface area contributed by atoms with Gasteiger partial charge in [0.2, 0.25) is 0 Å². The van der Waals surface area contributed by atoms with Crippen molar-refractivity contribution in [3.05, 3.63) is 23.6 Å². The van der Waals surface area contributed by atoms with E-state index < -0.39 is 17.6 Å². The molecule has 5 heteroatoms. The maximum Gasteiger partial charge on any atom is 0.183 e. The van der Waals surface area contributed by atoms with Crippen LogP contribution < -0.4 is 0 Å². The second kappa shape index (κ2) is 4.47. The molecule has 0 bridgehead atoms. The maximum atomic E-state index is 12.8. The van der Waals surface area contributed by atoms with E-state index >= 15 is 0 Å². The van der Waals surface area contributed by atoms with Crippen LogP contribution in [-0.4, -0.2) is 23.8 Å². The molecule has 0 radical (unpaired) electrons. The van der Waals surface area contributed by atoms with E-state index in [0.29, 0.717) is 0 Å². The number of halogens is 1. The zero-order valence-electron chi connectivity index (χ0n) is 7.13. The fraction of sp³-hybridized carbons (Fsp3) is 0.250. The minimum absolute atomic E-state index is 0. The van der Waals surface area contributed by atoms with E-state index in [0.717, 1.165) is 11.0 Å². The van der Waals surface area contributed by atoms with Crippen LogP contribution in [0.3, 0.4) is 0 Å². The molecule has 0 aromatic heterocycles. The number of allylic oxidation sites excluding steroid dienone is 1. The van der Waals surface area contributed by atoms with Crippen molar-refractivity contribution in [3.63, 3.8) is 0 Å². The molecule has 0 saturated carbocycles. The van der Waals surface area contributed by atoms with Gasteiger partial charge in [-0.3, -0.25) is 9.18 Å². The average Bonchev–Trinajstić information content (AvgIpc) is 2.32. The number of rotatable bonds is 1. The third-order valence-electron chi connectivity index (χ3n) is 1.55. The molecule has 1 aliphatic rings. The molecule has 0 fully saturated rings. The minimum atomic E-state index is -0.710. The van der Waals surface area contributed by atoms with E-state index in [1.807, 2.05) is 0 Å². The Hall–Kier alpha value is -0.762. The van der Waals surface area contributed by atoms with Crippen LogP contribution in [0.2, 0.25) is 0 Å². The number of carbonyl (C=O) groups excluding carboxylic acids is 2. The summed E-state index contributed by atoms with van der Waals surface area (Å²) >= 11 is 0. The van der Waals surface area contributed by atoms with Gasteiger partial charge in [0.15, 0.2) is 5.91 Å². The number of likely N-dealkylation sites (N-methyl/N-ethyl adjacent to an activating group) is 1. The van der Waals surface area contributed by atoms with E-state index in [4.69, 9.17) is 0 Å². The Morgan fingerprint density at radius 1 is 1.54 bits per heavy atom. The third-order valence-corrected chi connectivity index (χ3v) is 1.55. The number of nitrogens with zero attached hydrogens (tertiary/aromatic N) is 1. The summed E-state index contributed by atoms with van der Waals surface area (Å²) in [6, 6.07) is 0. The number of carbonyl (C=O) groups is 2. The first-order valence-corrected chi connectivity index (χ1v) is 3.36. The van der Waals surface area contributed by atoms with E-state index in [1.165, 1.54) is 14.0 Å². The molecule has 3 nitrogen and oxygen atoms in total. The summed E-state index contributed by atoms with van der Waals surface area (Å²) in [4.78, 5) is 22.7. The van der Waals surface area contributed by atoms with E-state index in [2.05, 4.69) is 6.08 Å². The van der Waals surface area contributed by atoms with Crippen LogP contribution >= 0.6 is 0 Å². The molecule has 0 aromatic carbocycles. The van der Waals surface area contributed by atoms with Crippen LogP contribution in [0.5, 0.6) is 0 Å². The summed E-state index contributed by atoms with van der Waals surface area (Å²) in [5.41, 5.74) is -0.287. The molecule has 0 aromatic rings. The molecular formula is C8H7FNO2W-. The minimum Gasteiger partial charge on any atom is -0.346 e. The molecule has 0 saturated heterocycles. The normalized spacial score (nSPS) is 17.3. The van der Waals surface area contributed by atoms with Gasteiger partial charge >= 0.3 is 0 Å². The van der Waals surface area contributed by atoms with Crippen molar-refractivity contribution < 1.29 is 35.0 Å². The summed E-state index contributed by atoms with van der Waals surface area (Å²) in [6.07, 6.45) is 3.23. The van der Waals surface area contributed by atoms with Crippen molar-refractivity contribution in [1.82, 2.24) is 4.90 Å². The Balaban J connectivity index is 0.00000144. The van der Waals surface area contributed by atoms with Gasteiger partial charge in [-0.1, -0.05) is 18.6 Å². The standard InChI is InChI=1S/C8H7FNO2.W/c1-3-6(9)5-4-7(11)10(2)8(5)12;/h3H,1-2H3;/q-1;/b6-3-;. The van der Waals surface area contributed by atoms with Gasteiger partial charge in [0.25, 0.3) is 0 Å². The fourth-order valence-corrected chi connectivity index (χ4v) is 0.810.